The Kier molecular flexibility index (Phi) is 9.79. The lowest BCUT2D eigenvalue weighted by Crippen LogP contribution is -2.46. The van der Waals surface area contributed by atoms with Crippen molar-refractivity contribution in [3.63, 3.8) is 0 Å². The van der Waals surface area contributed by atoms with Crippen LogP contribution in [0.25, 0.3) is 0 Å². The summed E-state index contributed by atoms with van der Waals surface area (Å²) in [5.74, 6) is 0.912. The van der Waals surface area contributed by atoms with Crippen molar-refractivity contribution < 1.29 is 37.2 Å². The van der Waals surface area contributed by atoms with Crippen LogP contribution in [-0.4, -0.2) is 70.7 Å². The van der Waals surface area contributed by atoms with Gasteiger partial charge in [0.2, 0.25) is 5.60 Å². The van der Waals surface area contributed by atoms with Crippen molar-refractivity contribution in [3.8, 4) is 17.2 Å². The molecular formula is C25H33F3N2O5. The van der Waals surface area contributed by atoms with Gasteiger partial charge < -0.3 is 29.0 Å². The highest BCUT2D eigenvalue weighted by Crippen LogP contribution is 2.45. The maximum Gasteiger partial charge on any atom is 0.423 e. The summed E-state index contributed by atoms with van der Waals surface area (Å²) in [7, 11) is 6.08. The Bertz CT molecular complexity index is 1010. The van der Waals surface area contributed by atoms with Gasteiger partial charge in [0.15, 0.2) is 11.5 Å². The second kappa shape index (κ2) is 12.1. The summed E-state index contributed by atoms with van der Waals surface area (Å²) in [6, 6.07) is 7.81. The van der Waals surface area contributed by atoms with Gasteiger partial charge in [-0.05, 0) is 49.6 Å². The molecule has 0 aromatic heterocycles. The monoisotopic (exact) mass is 498 g/mol. The first-order chi connectivity index (χ1) is 16.5. The Morgan fingerprint density at radius 2 is 1.66 bits per heavy atom. The molecule has 2 aromatic carbocycles. The largest absolute Gasteiger partial charge is 0.496 e. The molecule has 0 spiro atoms. The second-order valence-corrected chi connectivity index (χ2v) is 8.01. The summed E-state index contributed by atoms with van der Waals surface area (Å²) in [5, 5.41) is 10.8. The smallest absolute Gasteiger partial charge is 0.423 e. The van der Waals surface area contributed by atoms with Gasteiger partial charge in [-0.25, -0.2) is 4.99 Å². The molecule has 0 saturated heterocycles. The van der Waals surface area contributed by atoms with Crippen molar-refractivity contribution in [2.45, 2.75) is 32.0 Å². The van der Waals surface area contributed by atoms with Crippen molar-refractivity contribution in [2.75, 3.05) is 48.1 Å². The number of aryl methyl sites for hydroxylation is 1. The number of hydrogen-bond acceptors (Lipinski definition) is 6. The molecular weight excluding hydrogens is 465 g/mol. The molecule has 0 radical (unpaired) electrons. The van der Waals surface area contributed by atoms with Crippen molar-refractivity contribution in [1.29, 1.82) is 0 Å². The van der Waals surface area contributed by atoms with Crippen LogP contribution in [-0.2, 0) is 16.8 Å². The van der Waals surface area contributed by atoms with Gasteiger partial charge in [0.25, 0.3) is 0 Å². The van der Waals surface area contributed by atoms with E-state index in [1.807, 2.05) is 18.9 Å². The summed E-state index contributed by atoms with van der Waals surface area (Å²) in [6.07, 6.45) is -3.12. The van der Waals surface area contributed by atoms with Crippen molar-refractivity contribution in [3.05, 3.63) is 47.0 Å². The third kappa shape index (κ3) is 6.79. The standard InChI is InChI=1S/C25H33F3N2O5/c1-7-30(3)16-29-20-14-22(33-5)19(12-17(20)2)24(31,25(26,27)28)15-35-11-10-18-8-9-21(32-4)23(13-18)34-6/h8-9,12-14,16,31H,7,10-11,15H2,1-6H3/b29-16+. The van der Waals surface area contributed by atoms with E-state index in [2.05, 4.69) is 4.99 Å². The molecule has 35 heavy (non-hydrogen) atoms. The lowest BCUT2D eigenvalue weighted by molar-refractivity contribution is -0.282. The molecule has 0 aliphatic carbocycles. The molecule has 1 N–H and O–H groups in total. The maximum atomic E-state index is 14.1. The number of aliphatic hydroxyl groups is 1. The zero-order chi connectivity index (χ0) is 26.2. The molecule has 7 nitrogen and oxygen atoms in total. The summed E-state index contributed by atoms with van der Waals surface area (Å²) >= 11 is 0. The molecule has 1 unspecified atom stereocenters. The highest BCUT2D eigenvalue weighted by atomic mass is 19.4. The van der Waals surface area contributed by atoms with Crippen LogP contribution < -0.4 is 14.2 Å². The van der Waals surface area contributed by atoms with E-state index >= 15 is 0 Å². The number of alkyl halides is 3. The SMILES string of the molecule is CCN(C)/C=N/c1cc(OC)c(C(O)(COCCc2ccc(OC)c(OC)c2)C(F)(F)F)cc1C. The number of rotatable bonds is 12. The van der Waals surface area contributed by atoms with E-state index in [0.29, 0.717) is 35.7 Å². The van der Waals surface area contributed by atoms with Crippen LogP contribution in [0.1, 0.15) is 23.6 Å². The van der Waals surface area contributed by atoms with Crippen LogP contribution in [0.5, 0.6) is 17.2 Å². The number of hydrogen-bond donors (Lipinski definition) is 1. The summed E-state index contributed by atoms with van der Waals surface area (Å²) in [4.78, 5) is 6.13. The second-order valence-electron chi connectivity index (χ2n) is 8.01. The molecule has 0 bridgehead atoms. The number of halogens is 3. The van der Waals surface area contributed by atoms with Crippen molar-refractivity contribution >= 4 is 12.0 Å². The predicted octanol–water partition coefficient (Wildman–Crippen LogP) is 4.64. The number of methoxy groups -OCH3 is 3. The third-order valence-corrected chi connectivity index (χ3v) is 5.62. The van der Waals surface area contributed by atoms with Crippen LogP contribution in [0, 0.1) is 6.92 Å². The number of nitrogens with zero attached hydrogens (tertiary/aromatic N) is 2. The molecule has 10 heteroatoms. The van der Waals surface area contributed by atoms with Gasteiger partial charge in [0.1, 0.15) is 5.75 Å². The molecule has 0 heterocycles. The molecule has 0 aliphatic rings. The van der Waals surface area contributed by atoms with Gasteiger partial charge in [-0.3, -0.25) is 0 Å². The molecule has 0 amide bonds. The maximum absolute atomic E-state index is 14.1. The Morgan fingerprint density at radius 1 is 1.00 bits per heavy atom. The van der Waals surface area contributed by atoms with Gasteiger partial charge in [-0.2, -0.15) is 13.2 Å². The minimum absolute atomic E-state index is 0.0547. The first-order valence-corrected chi connectivity index (χ1v) is 11.0. The highest BCUT2D eigenvalue weighted by molar-refractivity contribution is 5.65. The van der Waals surface area contributed by atoms with E-state index in [0.717, 1.165) is 5.56 Å². The molecule has 1 atom stereocenters. The highest BCUT2D eigenvalue weighted by Gasteiger charge is 2.56. The zero-order valence-corrected chi connectivity index (χ0v) is 20.9. The topological polar surface area (TPSA) is 72.8 Å². The van der Waals surface area contributed by atoms with Gasteiger partial charge >= 0.3 is 6.18 Å². The number of aliphatic imine (C=N–C) groups is 1. The molecule has 2 rings (SSSR count). The zero-order valence-electron chi connectivity index (χ0n) is 20.9. The quantitative estimate of drug-likeness (QED) is 0.261. The average Bonchev–Trinajstić information content (AvgIpc) is 2.84. The predicted molar refractivity (Wildman–Crippen MR) is 128 cm³/mol. The van der Waals surface area contributed by atoms with E-state index in [4.69, 9.17) is 18.9 Å². The number of benzene rings is 2. The molecule has 0 saturated carbocycles. The molecule has 0 fully saturated rings. The average molecular weight is 499 g/mol. The van der Waals surface area contributed by atoms with Crippen molar-refractivity contribution in [2.24, 2.45) is 4.99 Å². The lowest BCUT2D eigenvalue weighted by Gasteiger charge is -2.32. The van der Waals surface area contributed by atoms with Gasteiger partial charge in [0.05, 0.1) is 46.6 Å². The molecule has 194 valence electrons. The Balaban J connectivity index is 2.25. The first-order valence-electron chi connectivity index (χ1n) is 11.0. The van der Waals surface area contributed by atoms with E-state index in [9.17, 15) is 18.3 Å². The van der Waals surface area contributed by atoms with E-state index in [1.165, 1.54) is 33.5 Å². The minimum Gasteiger partial charge on any atom is -0.496 e. The van der Waals surface area contributed by atoms with Gasteiger partial charge in [-0.1, -0.05) is 6.07 Å². The third-order valence-electron chi connectivity index (χ3n) is 5.62. The minimum atomic E-state index is -5.01. The summed E-state index contributed by atoms with van der Waals surface area (Å²) in [6.45, 7) is 3.22. The van der Waals surface area contributed by atoms with Crippen LogP contribution in [0.15, 0.2) is 35.3 Å². The fourth-order valence-electron chi connectivity index (χ4n) is 3.31. The van der Waals surface area contributed by atoms with Crippen LogP contribution in [0.2, 0.25) is 0 Å². The Labute approximate surface area is 204 Å². The van der Waals surface area contributed by atoms with Crippen LogP contribution in [0.3, 0.4) is 0 Å². The molecule has 2 aromatic rings. The summed E-state index contributed by atoms with van der Waals surface area (Å²) in [5.41, 5.74) is -2.03. The Hall–Kier alpha value is -2.98. The van der Waals surface area contributed by atoms with Gasteiger partial charge in [-0.15, -0.1) is 0 Å². The molecule has 0 aliphatic heterocycles. The fraction of sp³-hybridized carbons (Fsp3) is 0.480. The first kappa shape index (κ1) is 28.3. The lowest BCUT2D eigenvalue weighted by atomic mass is 9.91. The normalized spacial score (nSPS) is 13.5. The van der Waals surface area contributed by atoms with Crippen molar-refractivity contribution in [1.82, 2.24) is 4.90 Å². The van der Waals surface area contributed by atoms with E-state index in [1.54, 1.807) is 31.5 Å². The van der Waals surface area contributed by atoms with Crippen LogP contribution >= 0.6 is 0 Å². The van der Waals surface area contributed by atoms with E-state index in [-0.39, 0.29) is 12.4 Å². The fourth-order valence-corrected chi connectivity index (χ4v) is 3.31. The van der Waals surface area contributed by atoms with Crippen LogP contribution in [0.4, 0.5) is 18.9 Å². The summed E-state index contributed by atoms with van der Waals surface area (Å²) < 4.78 is 63.3. The number of ether oxygens (including phenoxy) is 4. The van der Waals surface area contributed by atoms with Gasteiger partial charge in [0, 0.05) is 25.2 Å². The Morgan fingerprint density at radius 3 is 2.23 bits per heavy atom. The van der Waals surface area contributed by atoms with E-state index < -0.39 is 23.9 Å².